The van der Waals surface area contributed by atoms with Crippen molar-refractivity contribution in [1.82, 2.24) is 15.5 Å². The molecule has 1 atom stereocenters. The van der Waals surface area contributed by atoms with Crippen molar-refractivity contribution in [3.05, 3.63) is 0 Å². The Balaban J connectivity index is 1.72. The Morgan fingerprint density at radius 2 is 1.86 bits per heavy atom. The van der Waals surface area contributed by atoms with Crippen LogP contribution in [0.1, 0.15) is 40.0 Å². The lowest BCUT2D eigenvalue weighted by molar-refractivity contribution is -0.125. The number of carbonyl (C=O) groups excluding carboxylic acids is 2. The standard InChI is InChI=1S/C15H27N3O3/c1-15(2,3)21-14(20)18-8-5-12(6-9-18)17-13(19)11-4-7-16-10-11/h11-12,16H,4-10H2,1-3H3,(H,17,19)/t11-/m1/s1. The zero-order chi connectivity index (χ0) is 15.5. The number of hydrogen-bond donors (Lipinski definition) is 2. The molecule has 120 valence electrons. The summed E-state index contributed by atoms with van der Waals surface area (Å²) >= 11 is 0. The van der Waals surface area contributed by atoms with E-state index in [-0.39, 0.29) is 24.0 Å². The number of nitrogens with one attached hydrogen (secondary N) is 2. The summed E-state index contributed by atoms with van der Waals surface area (Å²) in [7, 11) is 0. The Bertz CT molecular complexity index is 378. The van der Waals surface area contributed by atoms with Crippen LogP contribution in [0.25, 0.3) is 0 Å². The SMILES string of the molecule is CC(C)(C)OC(=O)N1CCC(NC(=O)[C@@H]2CCNC2)CC1. The quantitative estimate of drug-likeness (QED) is 0.801. The van der Waals surface area contributed by atoms with Crippen molar-refractivity contribution in [2.75, 3.05) is 26.2 Å². The summed E-state index contributed by atoms with van der Waals surface area (Å²) in [5.41, 5.74) is -0.461. The van der Waals surface area contributed by atoms with Crippen LogP contribution in [0.5, 0.6) is 0 Å². The number of nitrogens with zero attached hydrogens (tertiary/aromatic N) is 1. The largest absolute Gasteiger partial charge is 0.444 e. The second kappa shape index (κ2) is 6.64. The highest BCUT2D eigenvalue weighted by atomic mass is 16.6. The second-order valence-corrected chi connectivity index (χ2v) is 6.94. The van der Waals surface area contributed by atoms with Gasteiger partial charge in [0.2, 0.25) is 5.91 Å². The van der Waals surface area contributed by atoms with Crippen LogP contribution < -0.4 is 10.6 Å². The van der Waals surface area contributed by atoms with Gasteiger partial charge in [0.1, 0.15) is 5.60 Å². The molecule has 2 fully saturated rings. The predicted octanol–water partition coefficient (Wildman–Crippen LogP) is 1.11. The van der Waals surface area contributed by atoms with Gasteiger partial charge in [0, 0.05) is 25.7 Å². The van der Waals surface area contributed by atoms with Gasteiger partial charge in [-0.1, -0.05) is 0 Å². The van der Waals surface area contributed by atoms with Gasteiger partial charge in [0.15, 0.2) is 0 Å². The maximum Gasteiger partial charge on any atom is 0.410 e. The van der Waals surface area contributed by atoms with E-state index in [0.29, 0.717) is 13.1 Å². The van der Waals surface area contributed by atoms with Crippen LogP contribution >= 0.6 is 0 Å². The van der Waals surface area contributed by atoms with Gasteiger partial charge in [-0.2, -0.15) is 0 Å². The third-order valence-electron chi connectivity index (χ3n) is 3.92. The van der Waals surface area contributed by atoms with Gasteiger partial charge < -0.3 is 20.3 Å². The molecule has 0 spiro atoms. The summed E-state index contributed by atoms with van der Waals surface area (Å²) < 4.78 is 5.37. The summed E-state index contributed by atoms with van der Waals surface area (Å²) in [5, 5.41) is 6.31. The Labute approximate surface area is 126 Å². The number of amides is 2. The highest BCUT2D eigenvalue weighted by Crippen LogP contribution is 2.16. The van der Waals surface area contributed by atoms with E-state index in [1.54, 1.807) is 4.90 Å². The van der Waals surface area contributed by atoms with E-state index in [2.05, 4.69) is 10.6 Å². The Morgan fingerprint density at radius 3 is 2.38 bits per heavy atom. The molecule has 2 amide bonds. The fourth-order valence-electron chi connectivity index (χ4n) is 2.73. The number of hydrogen-bond acceptors (Lipinski definition) is 4. The molecule has 0 saturated carbocycles. The van der Waals surface area contributed by atoms with E-state index in [1.807, 2.05) is 20.8 Å². The van der Waals surface area contributed by atoms with E-state index in [9.17, 15) is 9.59 Å². The van der Waals surface area contributed by atoms with Gasteiger partial charge in [0.25, 0.3) is 0 Å². The van der Waals surface area contributed by atoms with Crippen LogP contribution in [-0.4, -0.2) is 54.7 Å². The van der Waals surface area contributed by atoms with E-state index in [0.717, 1.165) is 32.4 Å². The highest BCUT2D eigenvalue weighted by Gasteiger charge is 2.29. The summed E-state index contributed by atoms with van der Waals surface area (Å²) in [6.07, 6.45) is 2.26. The molecule has 21 heavy (non-hydrogen) atoms. The molecule has 0 aromatic rings. The summed E-state index contributed by atoms with van der Waals surface area (Å²) in [6.45, 7) is 8.60. The average Bonchev–Trinajstić information content (AvgIpc) is 2.91. The molecule has 2 aliphatic heterocycles. The second-order valence-electron chi connectivity index (χ2n) is 6.94. The number of carbonyl (C=O) groups is 2. The molecule has 0 unspecified atom stereocenters. The third kappa shape index (κ3) is 4.88. The summed E-state index contributed by atoms with van der Waals surface area (Å²) in [6, 6.07) is 0.178. The molecule has 6 heteroatoms. The number of ether oxygens (including phenoxy) is 1. The van der Waals surface area contributed by atoms with Gasteiger partial charge in [-0.15, -0.1) is 0 Å². The molecular formula is C15H27N3O3. The van der Waals surface area contributed by atoms with Crippen LogP contribution in [0.15, 0.2) is 0 Å². The Kier molecular flexibility index (Phi) is 5.08. The number of piperidine rings is 1. The fraction of sp³-hybridized carbons (Fsp3) is 0.867. The molecule has 0 aromatic carbocycles. The van der Waals surface area contributed by atoms with Gasteiger partial charge in [-0.3, -0.25) is 4.79 Å². The topological polar surface area (TPSA) is 70.7 Å². The van der Waals surface area contributed by atoms with Gasteiger partial charge in [-0.25, -0.2) is 4.79 Å². The molecule has 2 heterocycles. The first-order chi connectivity index (χ1) is 9.85. The maximum atomic E-state index is 12.1. The van der Waals surface area contributed by atoms with E-state index >= 15 is 0 Å². The van der Waals surface area contributed by atoms with Crippen molar-refractivity contribution in [2.24, 2.45) is 5.92 Å². The van der Waals surface area contributed by atoms with E-state index in [1.165, 1.54) is 0 Å². The molecular weight excluding hydrogens is 270 g/mol. The molecule has 0 aliphatic carbocycles. The minimum Gasteiger partial charge on any atom is -0.444 e. The lowest BCUT2D eigenvalue weighted by Crippen LogP contribution is -2.49. The van der Waals surface area contributed by atoms with E-state index in [4.69, 9.17) is 4.74 Å². The van der Waals surface area contributed by atoms with Gasteiger partial charge in [0.05, 0.1) is 5.92 Å². The third-order valence-corrected chi connectivity index (χ3v) is 3.92. The fourth-order valence-corrected chi connectivity index (χ4v) is 2.73. The molecule has 2 aliphatic rings. The van der Waals surface area contributed by atoms with Crippen LogP contribution in [0.3, 0.4) is 0 Å². The molecule has 6 nitrogen and oxygen atoms in total. The van der Waals surface area contributed by atoms with Crippen molar-refractivity contribution in [3.8, 4) is 0 Å². The monoisotopic (exact) mass is 297 g/mol. The van der Waals surface area contributed by atoms with E-state index < -0.39 is 5.60 Å². The van der Waals surface area contributed by atoms with Gasteiger partial charge >= 0.3 is 6.09 Å². The Morgan fingerprint density at radius 1 is 1.19 bits per heavy atom. The minimum atomic E-state index is -0.461. The minimum absolute atomic E-state index is 0.105. The first-order valence-corrected chi connectivity index (χ1v) is 7.84. The van der Waals surface area contributed by atoms with Crippen molar-refractivity contribution >= 4 is 12.0 Å². The van der Waals surface area contributed by atoms with Crippen LogP contribution in [0.4, 0.5) is 4.79 Å². The van der Waals surface area contributed by atoms with Crippen molar-refractivity contribution in [1.29, 1.82) is 0 Å². The van der Waals surface area contributed by atoms with Crippen LogP contribution in [0.2, 0.25) is 0 Å². The molecule has 0 aromatic heterocycles. The molecule has 0 bridgehead atoms. The normalized spacial score (nSPS) is 24.0. The first kappa shape index (κ1) is 16.1. The average molecular weight is 297 g/mol. The van der Waals surface area contributed by atoms with Crippen LogP contribution in [-0.2, 0) is 9.53 Å². The Hall–Kier alpha value is -1.30. The first-order valence-electron chi connectivity index (χ1n) is 7.84. The number of likely N-dealkylation sites (tertiary alicyclic amines) is 1. The zero-order valence-corrected chi connectivity index (χ0v) is 13.3. The van der Waals surface area contributed by atoms with Crippen molar-refractivity contribution < 1.29 is 14.3 Å². The van der Waals surface area contributed by atoms with Crippen LogP contribution in [0, 0.1) is 5.92 Å². The van der Waals surface area contributed by atoms with Crippen molar-refractivity contribution in [3.63, 3.8) is 0 Å². The lowest BCUT2D eigenvalue weighted by Gasteiger charge is -2.34. The molecule has 2 saturated heterocycles. The zero-order valence-electron chi connectivity index (χ0n) is 13.3. The lowest BCUT2D eigenvalue weighted by atomic mass is 10.0. The maximum absolute atomic E-state index is 12.1. The van der Waals surface area contributed by atoms with Gasteiger partial charge in [-0.05, 0) is 46.6 Å². The summed E-state index contributed by atoms with van der Waals surface area (Å²) in [5.74, 6) is 0.254. The van der Waals surface area contributed by atoms with Crippen molar-refractivity contribution in [2.45, 2.75) is 51.7 Å². The molecule has 2 rings (SSSR count). The smallest absolute Gasteiger partial charge is 0.410 e. The summed E-state index contributed by atoms with van der Waals surface area (Å²) in [4.78, 5) is 25.7. The predicted molar refractivity (Wildman–Crippen MR) is 79.9 cm³/mol. The molecule has 2 N–H and O–H groups in total. The number of rotatable bonds is 2. The highest BCUT2D eigenvalue weighted by molar-refractivity contribution is 5.79. The molecule has 0 radical (unpaired) electrons.